The monoisotopic (exact) mass is 372 g/mol. The third-order valence-corrected chi connectivity index (χ3v) is 5.65. The summed E-state index contributed by atoms with van der Waals surface area (Å²) in [6.45, 7) is 6.24. The Morgan fingerprint density at radius 3 is 2.18 bits per heavy atom. The number of hydrogen-bond donors (Lipinski definition) is 1. The number of aromatic amines is 1. The van der Waals surface area contributed by atoms with Gasteiger partial charge in [0, 0.05) is 45.5 Å². The van der Waals surface area contributed by atoms with E-state index in [4.69, 9.17) is 0 Å². The highest BCUT2D eigenvalue weighted by Gasteiger charge is 2.18. The quantitative estimate of drug-likeness (QED) is 0.599. The predicted molar refractivity (Wildman–Crippen MR) is 113 cm³/mol. The number of benzene rings is 2. The molecule has 1 aliphatic heterocycles. The molecule has 0 saturated carbocycles. The molecule has 5 heteroatoms. The van der Waals surface area contributed by atoms with Crippen molar-refractivity contribution in [3.05, 3.63) is 88.3 Å². The molecule has 1 aliphatic rings. The van der Waals surface area contributed by atoms with Gasteiger partial charge in [0.15, 0.2) is 0 Å². The van der Waals surface area contributed by atoms with Crippen LogP contribution >= 0.6 is 0 Å². The van der Waals surface area contributed by atoms with Gasteiger partial charge in [-0.2, -0.15) is 0 Å². The van der Waals surface area contributed by atoms with E-state index in [0.29, 0.717) is 0 Å². The molecular weight excluding hydrogens is 348 g/mol. The standard InChI is InChI=1S/C23H24N4O/c28-23-20-8-4-5-9-21(20)27-17-19(14-22(27)24-23)16-26-12-10-25(11-13-26)15-18-6-2-1-3-7-18/h1-9,14,17H,10-13,15-16H2,(H,24,28). The molecule has 0 spiro atoms. The Labute approximate surface area is 163 Å². The van der Waals surface area contributed by atoms with E-state index in [2.05, 4.69) is 61.8 Å². The summed E-state index contributed by atoms with van der Waals surface area (Å²) in [6.07, 6.45) is 2.16. The van der Waals surface area contributed by atoms with E-state index in [9.17, 15) is 4.79 Å². The molecule has 5 rings (SSSR count). The first-order valence-electron chi connectivity index (χ1n) is 9.87. The van der Waals surface area contributed by atoms with Crippen molar-refractivity contribution in [3.63, 3.8) is 0 Å². The van der Waals surface area contributed by atoms with Gasteiger partial charge in [-0.15, -0.1) is 0 Å². The molecule has 1 N–H and O–H groups in total. The van der Waals surface area contributed by atoms with Crippen LogP contribution in [0.5, 0.6) is 0 Å². The molecule has 5 nitrogen and oxygen atoms in total. The van der Waals surface area contributed by atoms with Crippen LogP contribution < -0.4 is 5.56 Å². The lowest BCUT2D eigenvalue weighted by Crippen LogP contribution is -2.45. The van der Waals surface area contributed by atoms with E-state index in [1.165, 1.54) is 11.1 Å². The third-order valence-electron chi connectivity index (χ3n) is 5.65. The summed E-state index contributed by atoms with van der Waals surface area (Å²) in [7, 11) is 0. The molecule has 4 aromatic rings. The number of aromatic nitrogens is 2. The summed E-state index contributed by atoms with van der Waals surface area (Å²) >= 11 is 0. The number of nitrogens with zero attached hydrogens (tertiary/aromatic N) is 3. The second-order valence-electron chi connectivity index (χ2n) is 7.61. The van der Waals surface area contributed by atoms with Gasteiger partial charge in [0.1, 0.15) is 5.65 Å². The summed E-state index contributed by atoms with van der Waals surface area (Å²) in [5, 5.41) is 0.728. The van der Waals surface area contributed by atoms with Crippen LogP contribution in [0.2, 0.25) is 0 Å². The Morgan fingerprint density at radius 2 is 1.43 bits per heavy atom. The SMILES string of the molecule is O=c1[nH]c2cc(CN3CCN(Cc4ccccc4)CC3)cn2c2ccccc12. The number of rotatable bonds is 4. The van der Waals surface area contributed by atoms with E-state index in [1.54, 1.807) is 0 Å². The molecule has 0 bridgehead atoms. The number of hydrogen-bond acceptors (Lipinski definition) is 3. The van der Waals surface area contributed by atoms with E-state index in [0.717, 1.165) is 55.8 Å². The molecule has 142 valence electrons. The fourth-order valence-corrected chi connectivity index (χ4v) is 4.16. The maximum Gasteiger partial charge on any atom is 0.258 e. The summed E-state index contributed by atoms with van der Waals surface area (Å²) in [6, 6.07) is 20.5. The average molecular weight is 372 g/mol. The molecule has 2 aromatic carbocycles. The Hall–Kier alpha value is -2.89. The van der Waals surface area contributed by atoms with E-state index in [-0.39, 0.29) is 5.56 Å². The minimum atomic E-state index is -0.0257. The molecule has 0 amide bonds. The van der Waals surface area contributed by atoms with E-state index < -0.39 is 0 Å². The lowest BCUT2D eigenvalue weighted by atomic mass is 10.2. The molecule has 1 saturated heterocycles. The van der Waals surface area contributed by atoms with Crippen LogP contribution in [0.15, 0.2) is 71.7 Å². The predicted octanol–water partition coefficient (Wildman–Crippen LogP) is 3.10. The van der Waals surface area contributed by atoms with Crippen molar-refractivity contribution >= 4 is 16.6 Å². The number of H-pyrrole nitrogens is 1. The molecule has 3 heterocycles. The van der Waals surface area contributed by atoms with Gasteiger partial charge in [-0.05, 0) is 29.3 Å². The highest BCUT2D eigenvalue weighted by Crippen LogP contribution is 2.17. The summed E-state index contributed by atoms with van der Waals surface area (Å²) in [5.74, 6) is 0. The van der Waals surface area contributed by atoms with Crippen LogP contribution in [0, 0.1) is 0 Å². The van der Waals surface area contributed by atoms with Crippen LogP contribution in [0.4, 0.5) is 0 Å². The summed E-state index contributed by atoms with van der Waals surface area (Å²) in [4.78, 5) is 20.3. The van der Waals surface area contributed by atoms with Crippen LogP contribution in [-0.4, -0.2) is 45.4 Å². The van der Waals surface area contributed by atoms with Crippen molar-refractivity contribution in [2.24, 2.45) is 0 Å². The first-order chi connectivity index (χ1) is 13.8. The van der Waals surface area contributed by atoms with Gasteiger partial charge in [0.25, 0.3) is 5.56 Å². The molecule has 28 heavy (non-hydrogen) atoms. The number of fused-ring (bicyclic) bond motifs is 3. The van der Waals surface area contributed by atoms with Crippen molar-refractivity contribution in [1.29, 1.82) is 0 Å². The summed E-state index contributed by atoms with van der Waals surface area (Å²) < 4.78 is 2.09. The Kier molecular flexibility index (Phi) is 4.47. The molecular formula is C23H24N4O. The van der Waals surface area contributed by atoms with Crippen LogP contribution in [0.25, 0.3) is 16.6 Å². The molecule has 0 unspecified atom stereocenters. The molecule has 2 aromatic heterocycles. The maximum absolute atomic E-state index is 12.3. The fourth-order valence-electron chi connectivity index (χ4n) is 4.16. The van der Waals surface area contributed by atoms with Crippen LogP contribution in [0.1, 0.15) is 11.1 Å². The summed E-state index contributed by atoms with van der Waals surface area (Å²) in [5.41, 5.74) is 4.41. The second-order valence-corrected chi connectivity index (χ2v) is 7.61. The zero-order chi connectivity index (χ0) is 18.9. The molecule has 0 radical (unpaired) electrons. The van der Waals surface area contributed by atoms with Gasteiger partial charge in [-0.1, -0.05) is 42.5 Å². The largest absolute Gasteiger partial charge is 0.308 e. The zero-order valence-corrected chi connectivity index (χ0v) is 15.8. The van der Waals surface area contributed by atoms with Gasteiger partial charge < -0.3 is 9.38 Å². The Morgan fingerprint density at radius 1 is 0.786 bits per heavy atom. The van der Waals surface area contributed by atoms with Crippen molar-refractivity contribution in [1.82, 2.24) is 19.2 Å². The van der Waals surface area contributed by atoms with Gasteiger partial charge in [0.05, 0.1) is 10.9 Å². The van der Waals surface area contributed by atoms with Gasteiger partial charge >= 0.3 is 0 Å². The number of para-hydroxylation sites is 1. The number of piperazine rings is 1. The van der Waals surface area contributed by atoms with Crippen molar-refractivity contribution < 1.29 is 0 Å². The van der Waals surface area contributed by atoms with Gasteiger partial charge in [-0.3, -0.25) is 14.6 Å². The second kappa shape index (κ2) is 7.26. The number of nitrogens with one attached hydrogen (secondary N) is 1. The van der Waals surface area contributed by atoms with Gasteiger partial charge in [0.2, 0.25) is 0 Å². The first-order valence-corrected chi connectivity index (χ1v) is 9.87. The lowest BCUT2D eigenvalue weighted by molar-refractivity contribution is 0.122. The normalized spacial score (nSPS) is 16.1. The smallest absolute Gasteiger partial charge is 0.258 e. The average Bonchev–Trinajstić information content (AvgIpc) is 3.13. The lowest BCUT2D eigenvalue weighted by Gasteiger charge is -2.34. The zero-order valence-electron chi connectivity index (χ0n) is 15.8. The minimum absolute atomic E-state index is 0.0257. The third kappa shape index (κ3) is 3.35. The highest BCUT2D eigenvalue weighted by atomic mass is 16.1. The van der Waals surface area contributed by atoms with E-state index >= 15 is 0 Å². The minimum Gasteiger partial charge on any atom is -0.308 e. The van der Waals surface area contributed by atoms with E-state index in [1.807, 2.05) is 24.3 Å². The van der Waals surface area contributed by atoms with Crippen molar-refractivity contribution in [2.75, 3.05) is 26.2 Å². The highest BCUT2D eigenvalue weighted by molar-refractivity contribution is 5.80. The molecule has 0 atom stereocenters. The Balaban J connectivity index is 1.29. The molecule has 1 fully saturated rings. The van der Waals surface area contributed by atoms with Crippen molar-refractivity contribution in [3.8, 4) is 0 Å². The Bertz CT molecular complexity index is 1150. The van der Waals surface area contributed by atoms with Gasteiger partial charge in [-0.25, -0.2) is 0 Å². The van der Waals surface area contributed by atoms with Crippen LogP contribution in [-0.2, 0) is 13.1 Å². The first kappa shape index (κ1) is 17.2. The topological polar surface area (TPSA) is 43.8 Å². The fraction of sp³-hybridized carbons (Fsp3) is 0.261. The maximum atomic E-state index is 12.3. The van der Waals surface area contributed by atoms with Crippen LogP contribution in [0.3, 0.4) is 0 Å². The molecule has 0 aliphatic carbocycles. The van der Waals surface area contributed by atoms with Crippen molar-refractivity contribution in [2.45, 2.75) is 13.1 Å².